The van der Waals surface area contributed by atoms with Crippen LogP contribution in [0.4, 0.5) is 11.4 Å². The number of hydrogen-bond acceptors (Lipinski definition) is 3. The highest BCUT2D eigenvalue weighted by Gasteiger charge is 2.20. The Morgan fingerprint density at radius 2 is 2.00 bits per heavy atom. The van der Waals surface area contributed by atoms with Gasteiger partial charge in [-0.15, -0.1) is 0 Å². The molecule has 0 bridgehead atoms. The fraction of sp³-hybridized carbons (Fsp3) is 0.600. The standard InChI is InChI=1S/C15H22N2O2/c1-3-12-4-6-13(7-5-12)16-15-9-8-14(17(18)19)10-11(15)2/h8-10,12-13,16H,3-7H2,1-2H3. The highest BCUT2D eigenvalue weighted by molar-refractivity contribution is 5.55. The summed E-state index contributed by atoms with van der Waals surface area (Å²) in [7, 11) is 0. The molecule has 1 aliphatic rings. The van der Waals surface area contributed by atoms with E-state index in [9.17, 15) is 10.1 Å². The maximum atomic E-state index is 10.7. The minimum Gasteiger partial charge on any atom is -0.382 e. The molecular formula is C15H22N2O2. The molecular weight excluding hydrogens is 240 g/mol. The number of nitro groups is 1. The van der Waals surface area contributed by atoms with Gasteiger partial charge in [-0.05, 0) is 50.2 Å². The first kappa shape index (κ1) is 13.8. The predicted molar refractivity (Wildman–Crippen MR) is 77.5 cm³/mol. The van der Waals surface area contributed by atoms with Gasteiger partial charge in [-0.3, -0.25) is 10.1 Å². The Labute approximate surface area is 114 Å². The van der Waals surface area contributed by atoms with Gasteiger partial charge in [0, 0.05) is 23.9 Å². The van der Waals surface area contributed by atoms with Gasteiger partial charge in [-0.2, -0.15) is 0 Å². The Balaban J connectivity index is 1.98. The van der Waals surface area contributed by atoms with E-state index in [0.717, 1.165) is 17.2 Å². The first-order chi connectivity index (χ1) is 9.10. The van der Waals surface area contributed by atoms with Crippen molar-refractivity contribution in [3.8, 4) is 0 Å². The van der Waals surface area contributed by atoms with E-state index in [2.05, 4.69) is 12.2 Å². The fourth-order valence-corrected chi connectivity index (χ4v) is 2.86. The molecule has 1 N–H and O–H groups in total. The molecule has 4 nitrogen and oxygen atoms in total. The van der Waals surface area contributed by atoms with Gasteiger partial charge in [-0.1, -0.05) is 13.3 Å². The van der Waals surface area contributed by atoms with Crippen LogP contribution in [0.25, 0.3) is 0 Å². The molecule has 0 radical (unpaired) electrons. The Morgan fingerprint density at radius 1 is 1.32 bits per heavy atom. The number of nitro benzene ring substituents is 1. The van der Waals surface area contributed by atoms with Crippen LogP contribution in [0.3, 0.4) is 0 Å². The van der Waals surface area contributed by atoms with Crippen LogP contribution in [-0.2, 0) is 0 Å². The van der Waals surface area contributed by atoms with E-state index in [1.807, 2.05) is 13.0 Å². The average Bonchev–Trinajstić information content (AvgIpc) is 2.41. The highest BCUT2D eigenvalue weighted by Crippen LogP contribution is 2.30. The van der Waals surface area contributed by atoms with Crippen molar-refractivity contribution in [2.45, 2.75) is 52.0 Å². The van der Waals surface area contributed by atoms with Crippen LogP contribution in [0.2, 0.25) is 0 Å². The number of rotatable bonds is 4. The van der Waals surface area contributed by atoms with E-state index in [1.165, 1.54) is 32.1 Å². The lowest BCUT2D eigenvalue weighted by atomic mass is 9.84. The lowest BCUT2D eigenvalue weighted by molar-refractivity contribution is -0.384. The molecule has 0 saturated heterocycles. The van der Waals surface area contributed by atoms with Crippen molar-refractivity contribution in [3.05, 3.63) is 33.9 Å². The number of nitrogens with one attached hydrogen (secondary N) is 1. The second-order valence-corrected chi connectivity index (χ2v) is 5.53. The molecule has 1 aromatic carbocycles. The van der Waals surface area contributed by atoms with Crippen LogP contribution < -0.4 is 5.32 Å². The van der Waals surface area contributed by atoms with Gasteiger partial charge in [0.15, 0.2) is 0 Å². The van der Waals surface area contributed by atoms with E-state index in [1.54, 1.807) is 12.1 Å². The second-order valence-electron chi connectivity index (χ2n) is 5.53. The molecule has 0 spiro atoms. The number of nitrogens with zero attached hydrogens (tertiary/aromatic N) is 1. The number of hydrogen-bond donors (Lipinski definition) is 1. The van der Waals surface area contributed by atoms with Crippen molar-refractivity contribution in [1.29, 1.82) is 0 Å². The summed E-state index contributed by atoms with van der Waals surface area (Å²) < 4.78 is 0. The average molecular weight is 262 g/mol. The predicted octanol–water partition coefficient (Wildman–Crippen LogP) is 4.28. The van der Waals surface area contributed by atoms with Crippen molar-refractivity contribution in [2.75, 3.05) is 5.32 Å². The van der Waals surface area contributed by atoms with Crippen molar-refractivity contribution in [2.24, 2.45) is 5.92 Å². The first-order valence-corrected chi connectivity index (χ1v) is 7.11. The molecule has 2 rings (SSSR count). The summed E-state index contributed by atoms with van der Waals surface area (Å²) in [5, 5.41) is 14.2. The van der Waals surface area contributed by atoms with Crippen LogP contribution in [0.5, 0.6) is 0 Å². The lowest BCUT2D eigenvalue weighted by Gasteiger charge is -2.29. The minimum absolute atomic E-state index is 0.165. The van der Waals surface area contributed by atoms with E-state index in [4.69, 9.17) is 0 Å². The van der Waals surface area contributed by atoms with Crippen molar-refractivity contribution in [1.82, 2.24) is 0 Å². The topological polar surface area (TPSA) is 55.2 Å². The van der Waals surface area contributed by atoms with Gasteiger partial charge in [0.05, 0.1) is 4.92 Å². The zero-order valence-corrected chi connectivity index (χ0v) is 11.7. The summed E-state index contributed by atoms with van der Waals surface area (Å²) in [6.45, 7) is 4.19. The Hall–Kier alpha value is -1.58. The van der Waals surface area contributed by atoms with Gasteiger partial charge in [0.2, 0.25) is 0 Å². The van der Waals surface area contributed by atoms with E-state index < -0.39 is 0 Å². The fourth-order valence-electron chi connectivity index (χ4n) is 2.86. The van der Waals surface area contributed by atoms with Crippen LogP contribution in [0, 0.1) is 23.0 Å². The Kier molecular flexibility index (Phi) is 4.40. The third-order valence-corrected chi connectivity index (χ3v) is 4.20. The monoisotopic (exact) mass is 262 g/mol. The minimum atomic E-state index is -0.344. The maximum Gasteiger partial charge on any atom is 0.269 e. The third kappa shape index (κ3) is 3.46. The van der Waals surface area contributed by atoms with Crippen molar-refractivity contribution in [3.63, 3.8) is 0 Å². The van der Waals surface area contributed by atoms with Gasteiger partial charge < -0.3 is 5.32 Å². The largest absolute Gasteiger partial charge is 0.382 e. The Morgan fingerprint density at radius 3 is 2.53 bits per heavy atom. The van der Waals surface area contributed by atoms with Crippen LogP contribution in [0.15, 0.2) is 18.2 Å². The zero-order chi connectivity index (χ0) is 13.8. The van der Waals surface area contributed by atoms with E-state index >= 15 is 0 Å². The zero-order valence-electron chi connectivity index (χ0n) is 11.7. The molecule has 0 heterocycles. The van der Waals surface area contributed by atoms with Crippen molar-refractivity contribution >= 4 is 11.4 Å². The molecule has 0 aromatic heterocycles. The quantitative estimate of drug-likeness (QED) is 0.650. The van der Waals surface area contributed by atoms with Gasteiger partial charge >= 0.3 is 0 Å². The molecule has 0 atom stereocenters. The summed E-state index contributed by atoms with van der Waals surface area (Å²) in [4.78, 5) is 10.4. The molecule has 104 valence electrons. The molecule has 1 aliphatic carbocycles. The van der Waals surface area contributed by atoms with Gasteiger partial charge in [-0.25, -0.2) is 0 Å². The number of non-ortho nitro benzene ring substituents is 1. The summed E-state index contributed by atoms with van der Waals surface area (Å²) in [5.74, 6) is 0.885. The summed E-state index contributed by atoms with van der Waals surface area (Å²) in [6, 6.07) is 5.56. The van der Waals surface area contributed by atoms with E-state index in [0.29, 0.717) is 6.04 Å². The van der Waals surface area contributed by atoms with Gasteiger partial charge in [0.1, 0.15) is 0 Å². The third-order valence-electron chi connectivity index (χ3n) is 4.20. The molecule has 1 fully saturated rings. The van der Waals surface area contributed by atoms with Crippen LogP contribution in [-0.4, -0.2) is 11.0 Å². The number of aryl methyl sites for hydroxylation is 1. The first-order valence-electron chi connectivity index (χ1n) is 7.11. The van der Waals surface area contributed by atoms with Crippen LogP contribution >= 0.6 is 0 Å². The van der Waals surface area contributed by atoms with Crippen molar-refractivity contribution < 1.29 is 4.92 Å². The molecule has 0 aliphatic heterocycles. The molecule has 19 heavy (non-hydrogen) atoms. The number of benzene rings is 1. The smallest absolute Gasteiger partial charge is 0.269 e. The SMILES string of the molecule is CCC1CCC(Nc2ccc([N+](=O)[O-])cc2C)CC1. The lowest BCUT2D eigenvalue weighted by Crippen LogP contribution is -2.26. The summed E-state index contributed by atoms with van der Waals surface area (Å²) in [6.07, 6.45) is 6.27. The van der Waals surface area contributed by atoms with Gasteiger partial charge in [0.25, 0.3) is 5.69 Å². The normalized spacial score (nSPS) is 23.1. The highest BCUT2D eigenvalue weighted by atomic mass is 16.6. The summed E-state index contributed by atoms with van der Waals surface area (Å²) in [5.41, 5.74) is 2.15. The molecule has 4 heteroatoms. The molecule has 0 amide bonds. The second kappa shape index (κ2) is 6.04. The Bertz CT molecular complexity index is 451. The van der Waals surface area contributed by atoms with E-state index in [-0.39, 0.29) is 10.6 Å². The summed E-state index contributed by atoms with van der Waals surface area (Å²) >= 11 is 0. The molecule has 1 aromatic rings. The van der Waals surface area contributed by atoms with Crippen LogP contribution in [0.1, 0.15) is 44.6 Å². The maximum absolute atomic E-state index is 10.7. The molecule has 0 unspecified atom stereocenters. The number of anilines is 1. The molecule has 1 saturated carbocycles.